The van der Waals surface area contributed by atoms with Crippen LogP contribution in [-0.4, -0.2) is 5.75 Å². The van der Waals surface area contributed by atoms with Gasteiger partial charge in [-0.1, -0.05) is 49.8 Å². The van der Waals surface area contributed by atoms with Crippen molar-refractivity contribution in [3.8, 4) is 0 Å². The van der Waals surface area contributed by atoms with Crippen LogP contribution in [0.2, 0.25) is 5.02 Å². The van der Waals surface area contributed by atoms with E-state index in [9.17, 15) is 0 Å². The van der Waals surface area contributed by atoms with Gasteiger partial charge < -0.3 is 5.73 Å². The molecule has 1 aliphatic carbocycles. The van der Waals surface area contributed by atoms with Crippen LogP contribution in [0.3, 0.4) is 0 Å². The van der Waals surface area contributed by atoms with E-state index in [1.165, 1.54) is 38.5 Å². The quantitative estimate of drug-likeness (QED) is 0.616. The average molecular weight is 270 g/mol. The molecule has 0 aliphatic heterocycles. The van der Waals surface area contributed by atoms with Gasteiger partial charge in [-0.3, -0.25) is 0 Å². The summed E-state index contributed by atoms with van der Waals surface area (Å²) in [6.07, 6.45) is 8.40. The van der Waals surface area contributed by atoms with E-state index in [1.54, 1.807) is 0 Å². The summed E-state index contributed by atoms with van der Waals surface area (Å²) in [5, 5.41) is 0.790. The average Bonchev–Trinajstić information content (AvgIpc) is 2.34. The fourth-order valence-corrected chi connectivity index (χ4v) is 3.92. The number of benzene rings is 1. The Kier molecular flexibility index (Phi) is 5.05. The smallest absolute Gasteiger partial charge is 0.0562 e. The van der Waals surface area contributed by atoms with Crippen LogP contribution in [0, 0.1) is 5.92 Å². The highest BCUT2D eigenvalue weighted by Gasteiger charge is 2.13. The molecule has 2 N–H and O–H groups in total. The standard InChI is InChI=1S/C14H20ClNS/c15-12-7-4-8-13(16)14(12)17-10-9-11-5-2-1-3-6-11/h4,7-8,11H,1-3,5-6,9-10,16H2. The van der Waals surface area contributed by atoms with E-state index >= 15 is 0 Å². The Morgan fingerprint density at radius 1 is 1.24 bits per heavy atom. The van der Waals surface area contributed by atoms with Crippen LogP contribution >= 0.6 is 23.4 Å². The van der Waals surface area contributed by atoms with Gasteiger partial charge in [0, 0.05) is 10.6 Å². The Hall–Kier alpha value is -0.340. The van der Waals surface area contributed by atoms with Gasteiger partial charge in [-0.2, -0.15) is 0 Å². The third-order valence-corrected chi connectivity index (χ3v) is 5.11. The second-order valence-electron chi connectivity index (χ2n) is 4.80. The van der Waals surface area contributed by atoms with Crippen LogP contribution in [-0.2, 0) is 0 Å². The van der Waals surface area contributed by atoms with Crippen LogP contribution in [0.5, 0.6) is 0 Å². The molecule has 0 bridgehead atoms. The first-order chi connectivity index (χ1) is 8.27. The molecular weight excluding hydrogens is 250 g/mol. The largest absolute Gasteiger partial charge is 0.398 e. The van der Waals surface area contributed by atoms with E-state index in [2.05, 4.69) is 0 Å². The van der Waals surface area contributed by atoms with Gasteiger partial charge in [0.2, 0.25) is 0 Å². The first-order valence-corrected chi connectivity index (χ1v) is 7.80. The summed E-state index contributed by atoms with van der Waals surface area (Å²) >= 11 is 7.96. The number of nitrogens with two attached hydrogens (primary N) is 1. The minimum Gasteiger partial charge on any atom is -0.398 e. The van der Waals surface area contributed by atoms with Gasteiger partial charge in [-0.05, 0) is 30.2 Å². The summed E-state index contributed by atoms with van der Waals surface area (Å²) in [5.41, 5.74) is 6.75. The van der Waals surface area contributed by atoms with E-state index < -0.39 is 0 Å². The molecule has 0 unspecified atom stereocenters. The van der Waals surface area contributed by atoms with Gasteiger partial charge in [0.25, 0.3) is 0 Å². The molecule has 0 atom stereocenters. The topological polar surface area (TPSA) is 26.0 Å². The molecular formula is C14H20ClNS. The number of thioether (sulfide) groups is 1. The maximum Gasteiger partial charge on any atom is 0.0562 e. The highest BCUT2D eigenvalue weighted by molar-refractivity contribution is 7.99. The second-order valence-corrected chi connectivity index (χ2v) is 6.31. The Balaban J connectivity index is 1.81. The summed E-state index contributed by atoms with van der Waals surface area (Å²) in [6, 6.07) is 5.75. The number of halogens is 1. The molecule has 0 radical (unpaired) electrons. The van der Waals surface area contributed by atoms with Crippen LogP contribution in [0.1, 0.15) is 38.5 Å². The van der Waals surface area contributed by atoms with Crippen LogP contribution < -0.4 is 5.73 Å². The fraction of sp³-hybridized carbons (Fsp3) is 0.571. The fourth-order valence-electron chi connectivity index (χ4n) is 2.48. The molecule has 1 aromatic carbocycles. The molecule has 1 aliphatic rings. The van der Waals surface area contributed by atoms with Crippen molar-refractivity contribution in [2.75, 3.05) is 11.5 Å². The highest BCUT2D eigenvalue weighted by atomic mass is 35.5. The number of anilines is 1. The van der Waals surface area contributed by atoms with Gasteiger partial charge in [0.1, 0.15) is 0 Å². The van der Waals surface area contributed by atoms with E-state index in [4.69, 9.17) is 17.3 Å². The Morgan fingerprint density at radius 2 is 2.00 bits per heavy atom. The minimum atomic E-state index is 0.790. The van der Waals surface area contributed by atoms with Gasteiger partial charge in [0.15, 0.2) is 0 Å². The molecule has 0 heterocycles. The SMILES string of the molecule is Nc1cccc(Cl)c1SCCC1CCCCC1. The molecule has 0 spiro atoms. The predicted octanol–water partition coefficient (Wildman–Crippen LogP) is 4.98. The molecule has 0 amide bonds. The van der Waals surface area contributed by atoms with Crippen molar-refractivity contribution in [3.63, 3.8) is 0 Å². The zero-order valence-corrected chi connectivity index (χ0v) is 11.7. The van der Waals surface area contributed by atoms with E-state index in [0.29, 0.717) is 0 Å². The molecule has 1 nitrogen and oxygen atoms in total. The molecule has 0 aromatic heterocycles. The zero-order valence-electron chi connectivity index (χ0n) is 10.1. The third-order valence-electron chi connectivity index (χ3n) is 3.49. The maximum absolute atomic E-state index is 6.15. The van der Waals surface area contributed by atoms with E-state index in [-0.39, 0.29) is 0 Å². The van der Waals surface area contributed by atoms with Crippen molar-refractivity contribution in [1.29, 1.82) is 0 Å². The van der Waals surface area contributed by atoms with Gasteiger partial charge in [-0.25, -0.2) is 0 Å². The lowest BCUT2D eigenvalue weighted by Crippen LogP contribution is -2.07. The van der Waals surface area contributed by atoms with Crippen molar-refractivity contribution in [2.24, 2.45) is 5.92 Å². The normalized spacial score (nSPS) is 17.2. The molecule has 1 saturated carbocycles. The van der Waals surface area contributed by atoms with Crippen molar-refractivity contribution in [3.05, 3.63) is 23.2 Å². The summed E-state index contributed by atoms with van der Waals surface area (Å²) in [4.78, 5) is 1.06. The van der Waals surface area contributed by atoms with Gasteiger partial charge in [-0.15, -0.1) is 11.8 Å². The first-order valence-electron chi connectivity index (χ1n) is 6.44. The molecule has 2 rings (SSSR count). The lowest BCUT2D eigenvalue weighted by atomic mass is 9.88. The van der Waals surface area contributed by atoms with E-state index in [0.717, 1.165) is 27.3 Å². The van der Waals surface area contributed by atoms with Gasteiger partial charge >= 0.3 is 0 Å². The van der Waals surface area contributed by atoms with Crippen LogP contribution in [0.4, 0.5) is 5.69 Å². The number of rotatable bonds is 4. The predicted molar refractivity (Wildman–Crippen MR) is 77.8 cm³/mol. The Labute approximate surface area is 113 Å². The third kappa shape index (κ3) is 3.82. The lowest BCUT2D eigenvalue weighted by molar-refractivity contribution is 0.351. The number of hydrogen-bond acceptors (Lipinski definition) is 2. The van der Waals surface area contributed by atoms with E-state index in [1.807, 2.05) is 30.0 Å². The molecule has 1 fully saturated rings. The summed E-state index contributed by atoms with van der Waals surface area (Å²) in [6.45, 7) is 0. The van der Waals surface area contributed by atoms with Crippen molar-refractivity contribution in [1.82, 2.24) is 0 Å². The van der Waals surface area contributed by atoms with Gasteiger partial charge in [0.05, 0.1) is 5.02 Å². The van der Waals surface area contributed by atoms with Crippen molar-refractivity contribution >= 4 is 29.1 Å². The van der Waals surface area contributed by atoms with Crippen LogP contribution in [0.25, 0.3) is 0 Å². The summed E-state index contributed by atoms with van der Waals surface area (Å²) in [7, 11) is 0. The minimum absolute atomic E-state index is 0.790. The maximum atomic E-state index is 6.15. The zero-order chi connectivity index (χ0) is 12.1. The molecule has 94 valence electrons. The summed E-state index contributed by atoms with van der Waals surface area (Å²) in [5.74, 6) is 2.07. The molecule has 0 saturated heterocycles. The van der Waals surface area contributed by atoms with Crippen molar-refractivity contribution < 1.29 is 0 Å². The first kappa shape index (κ1) is 13.1. The highest BCUT2D eigenvalue weighted by Crippen LogP contribution is 2.35. The summed E-state index contributed by atoms with van der Waals surface area (Å²) < 4.78 is 0. The number of nitrogen functional groups attached to an aromatic ring is 1. The molecule has 17 heavy (non-hydrogen) atoms. The van der Waals surface area contributed by atoms with Crippen LogP contribution in [0.15, 0.2) is 23.1 Å². The molecule has 3 heteroatoms. The second kappa shape index (κ2) is 6.55. The van der Waals surface area contributed by atoms with Crippen molar-refractivity contribution in [2.45, 2.75) is 43.4 Å². The monoisotopic (exact) mass is 269 g/mol. The Morgan fingerprint density at radius 3 is 2.71 bits per heavy atom. The number of hydrogen-bond donors (Lipinski definition) is 1. The molecule has 1 aromatic rings. The Bertz CT molecular complexity index is 341. The lowest BCUT2D eigenvalue weighted by Gasteiger charge is -2.21.